The standard InChI is InChI=1S/C29H33N5O5/c1-34(2)24-11-12-30-17-23(24)33-29(37)20-13-21(31-15-18-7-5-9-25(38-3)27(18)35)22(14-20)32-16-19-8-6-10-26(39-4)28(19)36/h5-12,15-17,20-22,35-36H,13-14H2,1-4H3,(H,33,37)/t20?,21-,22+. The van der Waals surface area contributed by atoms with Gasteiger partial charge in [0.05, 0.1) is 43.9 Å². The van der Waals surface area contributed by atoms with Crippen LogP contribution in [0.3, 0.4) is 0 Å². The molecule has 39 heavy (non-hydrogen) atoms. The van der Waals surface area contributed by atoms with Gasteiger partial charge in [-0.25, -0.2) is 0 Å². The van der Waals surface area contributed by atoms with Gasteiger partial charge in [0.15, 0.2) is 23.0 Å². The summed E-state index contributed by atoms with van der Waals surface area (Å²) in [7, 11) is 6.77. The van der Waals surface area contributed by atoms with E-state index in [1.807, 2.05) is 25.1 Å². The fourth-order valence-corrected chi connectivity index (χ4v) is 4.60. The first-order valence-corrected chi connectivity index (χ1v) is 12.5. The van der Waals surface area contributed by atoms with Crippen LogP contribution in [-0.2, 0) is 4.79 Å². The van der Waals surface area contributed by atoms with Crippen molar-refractivity contribution in [3.63, 3.8) is 0 Å². The van der Waals surface area contributed by atoms with Gasteiger partial charge in [0, 0.05) is 49.8 Å². The smallest absolute Gasteiger partial charge is 0.227 e. The molecule has 1 heterocycles. The Labute approximate surface area is 227 Å². The van der Waals surface area contributed by atoms with Crippen LogP contribution in [0.25, 0.3) is 0 Å². The number of hydrogen-bond donors (Lipinski definition) is 3. The molecule has 0 saturated heterocycles. The van der Waals surface area contributed by atoms with Crippen LogP contribution in [0.4, 0.5) is 11.4 Å². The van der Waals surface area contributed by atoms with Gasteiger partial charge in [-0.05, 0) is 43.2 Å². The fourth-order valence-electron chi connectivity index (χ4n) is 4.60. The van der Waals surface area contributed by atoms with E-state index in [1.54, 1.807) is 61.2 Å². The first-order valence-electron chi connectivity index (χ1n) is 12.5. The molecule has 1 fully saturated rings. The molecule has 0 spiro atoms. The van der Waals surface area contributed by atoms with Crippen LogP contribution in [0.1, 0.15) is 24.0 Å². The quantitative estimate of drug-likeness (QED) is 0.357. The van der Waals surface area contributed by atoms with Crippen LogP contribution in [0.5, 0.6) is 23.0 Å². The van der Waals surface area contributed by atoms with Crippen molar-refractivity contribution in [2.75, 3.05) is 38.5 Å². The lowest BCUT2D eigenvalue weighted by atomic mass is 10.1. The molecule has 3 N–H and O–H groups in total. The lowest BCUT2D eigenvalue weighted by Gasteiger charge is -2.18. The van der Waals surface area contributed by atoms with Crippen molar-refractivity contribution in [2.45, 2.75) is 24.9 Å². The van der Waals surface area contributed by atoms with Crippen LogP contribution < -0.4 is 19.7 Å². The summed E-state index contributed by atoms with van der Waals surface area (Å²) in [4.78, 5) is 28.8. The zero-order chi connectivity index (χ0) is 27.9. The average Bonchev–Trinajstić information content (AvgIpc) is 3.35. The molecule has 0 aliphatic heterocycles. The van der Waals surface area contributed by atoms with Gasteiger partial charge in [0.2, 0.25) is 5.91 Å². The average molecular weight is 532 g/mol. The van der Waals surface area contributed by atoms with Gasteiger partial charge >= 0.3 is 0 Å². The van der Waals surface area contributed by atoms with Crippen LogP contribution in [-0.4, -0.2) is 73.9 Å². The van der Waals surface area contributed by atoms with Crippen LogP contribution in [0, 0.1) is 5.92 Å². The zero-order valence-corrected chi connectivity index (χ0v) is 22.4. The van der Waals surface area contributed by atoms with Crippen LogP contribution in [0.15, 0.2) is 64.8 Å². The summed E-state index contributed by atoms with van der Waals surface area (Å²) in [6, 6.07) is 11.5. The summed E-state index contributed by atoms with van der Waals surface area (Å²) < 4.78 is 10.4. The molecule has 1 amide bonds. The van der Waals surface area contributed by atoms with E-state index < -0.39 is 0 Å². The monoisotopic (exact) mass is 531 g/mol. The zero-order valence-electron chi connectivity index (χ0n) is 22.4. The summed E-state index contributed by atoms with van der Waals surface area (Å²) in [5, 5.41) is 24.0. The Balaban J connectivity index is 1.59. The second-order valence-electron chi connectivity index (χ2n) is 9.43. The third kappa shape index (κ3) is 6.28. The summed E-state index contributed by atoms with van der Waals surface area (Å²) in [5.41, 5.74) is 2.48. The summed E-state index contributed by atoms with van der Waals surface area (Å²) in [6.45, 7) is 0. The van der Waals surface area contributed by atoms with E-state index in [0.717, 1.165) is 5.69 Å². The van der Waals surface area contributed by atoms with E-state index in [2.05, 4.69) is 10.3 Å². The minimum Gasteiger partial charge on any atom is -0.504 e. The number of anilines is 2. The molecule has 1 aliphatic carbocycles. The Hall–Kier alpha value is -4.60. The highest BCUT2D eigenvalue weighted by Crippen LogP contribution is 2.35. The number of hydrogen-bond acceptors (Lipinski definition) is 9. The highest BCUT2D eigenvalue weighted by Gasteiger charge is 2.37. The van der Waals surface area contributed by atoms with E-state index in [0.29, 0.717) is 41.2 Å². The van der Waals surface area contributed by atoms with Crippen molar-refractivity contribution >= 4 is 29.7 Å². The minimum atomic E-state index is -0.359. The van der Waals surface area contributed by atoms with Crippen molar-refractivity contribution in [1.82, 2.24) is 4.98 Å². The number of ether oxygens (including phenoxy) is 2. The number of carbonyl (C=O) groups excluding carboxylic acids is 1. The van der Waals surface area contributed by atoms with Crippen molar-refractivity contribution in [3.05, 3.63) is 66.0 Å². The molecule has 2 aromatic carbocycles. The maximum Gasteiger partial charge on any atom is 0.227 e. The molecule has 3 aromatic rings. The number of aromatic nitrogens is 1. The van der Waals surface area contributed by atoms with Gasteiger partial charge in [0.1, 0.15) is 0 Å². The third-order valence-electron chi connectivity index (χ3n) is 6.72. The van der Waals surface area contributed by atoms with Crippen molar-refractivity contribution < 1.29 is 24.5 Å². The topological polar surface area (TPSA) is 129 Å². The molecule has 1 unspecified atom stereocenters. The normalized spacial score (nSPS) is 18.9. The molecule has 10 nitrogen and oxygen atoms in total. The van der Waals surface area contributed by atoms with E-state index in [-0.39, 0.29) is 35.4 Å². The van der Waals surface area contributed by atoms with E-state index in [1.165, 1.54) is 14.2 Å². The number of phenols is 2. The highest BCUT2D eigenvalue weighted by atomic mass is 16.5. The lowest BCUT2D eigenvalue weighted by Crippen LogP contribution is -2.23. The number of aliphatic imine (C=N–C) groups is 2. The number of pyridine rings is 1. The van der Waals surface area contributed by atoms with Gasteiger partial charge in [-0.2, -0.15) is 0 Å². The van der Waals surface area contributed by atoms with E-state index in [9.17, 15) is 15.0 Å². The van der Waals surface area contributed by atoms with Crippen LogP contribution in [0.2, 0.25) is 0 Å². The predicted molar refractivity (Wildman–Crippen MR) is 152 cm³/mol. The number of carbonyl (C=O) groups is 1. The highest BCUT2D eigenvalue weighted by molar-refractivity contribution is 5.96. The molecule has 1 saturated carbocycles. The Morgan fingerprint density at radius 3 is 1.97 bits per heavy atom. The third-order valence-corrected chi connectivity index (χ3v) is 6.72. The van der Waals surface area contributed by atoms with Crippen molar-refractivity contribution in [2.24, 2.45) is 15.9 Å². The lowest BCUT2D eigenvalue weighted by molar-refractivity contribution is -0.119. The minimum absolute atomic E-state index is 0.00909. The van der Waals surface area contributed by atoms with Crippen molar-refractivity contribution in [1.29, 1.82) is 0 Å². The maximum absolute atomic E-state index is 13.3. The maximum atomic E-state index is 13.3. The van der Waals surface area contributed by atoms with E-state index >= 15 is 0 Å². The summed E-state index contributed by atoms with van der Waals surface area (Å²) in [5.74, 6) is 0.174. The van der Waals surface area contributed by atoms with Gasteiger partial charge in [0.25, 0.3) is 0 Å². The second-order valence-corrected chi connectivity index (χ2v) is 9.43. The van der Waals surface area contributed by atoms with Gasteiger partial charge in [-0.15, -0.1) is 0 Å². The summed E-state index contributed by atoms with van der Waals surface area (Å²) >= 11 is 0. The first kappa shape index (κ1) is 27.4. The first-order chi connectivity index (χ1) is 18.8. The van der Waals surface area contributed by atoms with E-state index in [4.69, 9.17) is 19.5 Å². The van der Waals surface area contributed by atoms with Gasteiger partial charge in [-0.3, -0.25) is 19.8 Å². The molecule has 0 radical (unpaired) electrons. The Morgan fingerprint density at radius 1 is 0.949 bits per heavy atom. The number of nitrogens with zero attached hydrogens (tertiary/aromatic N) is 4. The fraction of sp³-hybridized carbons (Fsp3) is 0.310. The number of amides is 1. The Bertz CT molecular complexity index is 1300. The molecular formula is C29H33N5O5. The molecule has 1 aromatic heterocycles. The molecule has 204 valence electrons. The number of aromatic hydroxyl groups is 2. The molecule has 10 heteroatoms. The predicted octanol–water partition coefficient (Wildman–Crippen LogP) is 3.90. The molecule has 1 aliphatic rings. The number of methoxy groups -OCH3 is 2. The van der Waals surface area contributed by atoms with Gasteiger partial charge < -0.3 is 29.9 Å². The number of para-hydroxylation sites is 2. The Kier molecular flexibility index (Phi) is 8.65. The molecule has 4 rings (SSSR count). The number of phenolic OH excluding ortho intramolecular Hbond substituents is 2. The molecule has 0 bridgehead atoms. The van der Waals surface area contributed by atoms with Gasteiger partial charge in [-0.1, -0.05) is 12.1 Å². The second kappa shape index (κ2) is 12.3. The Morgan fingerprint density at radius 2 is 1.49 bits per heavy atom. The largest absolute Gasteiger partial charge is 0.504 e. The number of rotatable bonds is 9. The van der Waals surface area contributed by atoms with Crippen molar-refractivity contribution in [3.8, 4) is 23.0 Å². The SMILES string of the molecule is COc1cccc(C=N[C@H]2CC(C(=O)Nc3cnccc3N(C)C)C[C@H]2N=Cc2cccc(OC)c2O)c1O. The molecular weight excluding hydrogens is 498 g/mol. The van der Waals surface area contributed by atoms with Crippen LogP contribution >= 0.6 is 0 Å². The summed E-state index contributed by atoms with van der Waals surface area (Å²) in [6.07, 6.45) is 7.38. The number of benzene rings is 2. The number of nitrogens with one attached hydrogen (secondary N) is 1. The molecule has 3 atom stereocenters.